The van der Waals surface area contributed by atoms with Crippen molar-refractivity contribution in [3.63, 3.8) is 0 Å². The molecule has 6 nitrogen and oxygen atoms in total. The zero-order valence-electron chi connectivity index (χ0n) is 16.5. The lowest BCUT2D eigenvalue weighted by molar-refractivity contribution is 0.102. The average molecular weight is 428 g/mol. The molecule has 8 heteroatoms. The predicted molar refractivity (Wildman–Crippen MR) is 115 cm³/mol. The second kappa shape index (κ2) is 8.96. The standard InChI is InChI=1S/C22H21FN2O4S/c1-29-20-8-5-7-18(14-20)24-22(26)16-10-12-19(13-11-16)25(30(2,27)28)15-17-6-3-4-9-21(17)23/h3-14H,15H2,1-2H3,(H,24,26). The molecule has 0 heterocycles. The molecule has 3 aromatic rings. The Morgan fingerprint density at radius 1 is 1.03 bits per heavy atom. The largest absolute Gasteiger partial charge is 0.497 e. The van der Waals surface area contributed by atoms with E-state index < -0.39 is 15.8 Å². The van der Waals surface area contributed by atoms with Gasteiger partial charge in [0.2, 0.25) is 10.0 Å². The van der Waals surface area contributed by atoms with Gasteiger partial charge < -0.3 is 10.1 Å². The fourth-order valence-corrected chi connectivity index (χ4v) is 3.74. The molecule has 0 atom stereocenters. The molecular formula is C22H21FN2O4S. The number of hydrogen-bond acceptors (Lipinski definition) is 4. The Kier molecular flexibility index (Phi) is 6.37. The van der Waals surface area contributed by atoms with Gasteiger partial charge in [0.25, 0.3) is 5.91 Å². The number of benzene rings is 3. The van der Waals surface area contributed by atoms with E-state index in [1.807, 2.05) is 0 Å². The second-order valence-corrected chi connectivity index (χ2v) is 8.50. The van der Waals surface area contributed by atoms with Gasteiger partial charge in [0.1, 0.15) is 11.6 Å². The first kappa shape index (κ1) is 21.3. The van der Waals surface area contributed by atoms with Crippen LogP contribution in [0.2, 0.25) is 0 Å². The Morgan fingerprint density at radius 2 is 1.73 bits per heavy atom. The Labute approximate surface area is 175 Å². The van der Waals surface area contributed by atoms with E-state index >= 15 is 0 Å². The maximum atomic E-state index is 14.0. The Morgan fingerprint density at radius 3 is 2.37 bits per heavy atom. The van der Waals surface area contributed by atoms with Crippen LogP contribution in [0.3, 0.4) is 0 Å². The van der Waals surface area contributed by atoms with Gasteiger partial charge in [-0.1, -0.05) is 24.3 Å². The van der Waals surface area contributed by atoms with Crippen molar-refractivity contribution >= 4 is 27.3 Å². The number of amides is 1. The van der Waals surface area contributed by atoms with Crippen molar-refractivity contribution in [2.24, 2.45) is 0 Å². The summed E-state index contributed by atoms with van der Waals surface area (Å²) in [6, 6.07) is 19.0. The Bertz CT molecular complexity index is 1150. The lowest BCUT2D eigenvalue weighted by Gasteiger charge is -2.23. The first-order chi connectivity index (χ1) is 14.3. The molecular weight excluding hydrogens is 407 g/mol. The van der Waals surface area contributed by atoms with E-state index in [4.69, 9.17) is 4.74 Å². The van der Waals surface area contributed by atoms with E-state index in [0.29, 0.717) is 22.7 Å². The third-order valence-electron chi connectivity index (χ3n) is 4.42. The molecule has 0 saturated carbocycles. The van der Waals surface area contributed by atoms with Gasteiger partial charge in [-0.2, -0.15) is 0 Å². The number of ether oxygens (including phenoxy) is 1. The molecule has 156 valence electrons. The fourth-order valence-electron chi connectivity index (χ4n) is 2.86. The number of anilines is 2. The molecule has 0 bridgehead atoms. The summed E-state index contributed by atoms with van der Waals surface area (Å²) in [6.07, 6.45) is 1.05. The molecule has 3 aromatic carbocycles. The molecule has 3 rings (SSSR count). The minimum atomic E-state index is -3.67. The van der Waals surface area contributed by atoms with Crippen molar-refractivity contribution in [1.82, 2.24) is 0 Å². The molecule has 0 aliphatic heterocycles. The Hall–Kier alpha value is -3.39. The molecule has 0 spiro atoms. The van der Waals surface area contributed by atoms with Gasteiger partial charge in [-0.15, -0.1) is 0 Å². The molecule has 1 amide bonds. The van der Waals surface area contributed by atoms with E-state index in [0.717, 1.165) is 10.6 Å². The summed E-state index contributed by atoms with van der Waals surface area (Å²) >= 11 is 0. The fraction of sp³-hybridized carbons (Fsp3) is 0.136. The van der Waals surface area contributed by atoms with Crippen LogP contribution in [0.5, 0.6) is 5.75 Å². The van der Waals surface area contributed by atoms with E-state index in [9.17, 15) is 17.6 Å². The van der Waals surface area contributed by atoms with Gasteiger partial charge in [-0.05, 0) is 42.5 Å². The van der Waals surface area contributed by atoms with Crippen LogP contribution in [0.1, 0.15) is 15.9 Å². The normalized spacial score (nSPS) is 11.0. The van der Waals surface area contributed by atoms with E-state index in [2.05, 4.69) is 5.32 Å². The number of nitrogens with one attached hydrogen (secondary N) is 1. The van der Waals surface area contributed by atoms with Crippen LogP contribution in [0.25, 0.3) is 0 Å². The van der Waals surface area contributed by atoms with E-state index in [-0.39, 0.29) is 18.0 Å². The van der Waals surface area contributed by atoms with Crippen LogP contribution in [0.4, 0.5) is 15.8 Å². The molecule has 0 aliphatic carbocycles. The third-order valence-corrected chi connectivity index (χ3v) is 5.56. The summed E-state index contributed by atoms with van der Waals surface area (Å²) in [5.74, 6) is -0.227. The molecule has 0 aliphatic rings. The van der Waals surface area contributed by atoms with Crippen LogP contribution < -0.4 is 14.4 Å². The van der Waals surface area contributed by atoms with Crippen LogP contribution in [-0.4, -0.2) is 27.7 Å². The first-order valence-corrected chi connectivity index (χ1v) is 10.9. The zero-order chi connectivity index (χ0) is 21.7. The minimum absolute atomic E-state index is 0.152. The van der Waals surface area contributed by atoms with Crippen molar-refractivity contribution in [1.29, 1.82) is 0 Å². The number of sulfonamides is 1. The summed E-state index contributed by atoms with van der Waals surface area (Å²) in [6.45, 7) is -0.152. The molecule has 0 radical (unpaired) electrons. The highest BCUT2D eigenvalue weighted by molar-refractivity contribution is 7.92. The molecule has 0 fully saturated rings. The SMILES string of the molecule is COc1cccc(NC(=O)c2ccc(N(Cc3ccccc3F)S(C)(=O)=O)cc2)c1. The first-order valence-electron chi connectivity index (χ1n) is 9.04. The topological polar surface area (TPSA) is 75.7 Å². The Balaban J connectivity index is 1.81. The third kappa shape index (κ3) is 5.15. The maximum Gasteiger partial charge on any atom is 0.255 e. The summed E-state index contributed by atoms with van der Waals surface area (Å²) in [4.78, 5) is 12.5. The summed E-state index contributed by atoms with van der Waals surface area (Å²) in [7, 11) is -2.13. The highest BCUT2D eigenvalue weighted by atomic mass is 32.2. The van der Waals surface area contributed by atoms with Gasteiger partial charge in [0.15, 0.2) is 0 Å². The number of carbonyl (C=O) groups is 1. The van der Waals surface area contributed by atoms with Gasteiger partial charge in [-0.3, -0.25) is 9.10 Å². The highest BCUT2D eigenvalue weighted by Crippen LogP contribution is 2.23. The van der Waals surface area contributed by atoms with Crippen LogP contribution in [0.15, 0.2) is 72.8 Å². The monoisotopic (exact) mass is 428 g/mol. The van der Waals surface area contributed by atoms with E-state index in [1.165, 1.54) is 43.5 Å². The number of methoxy groups -OCH3 is 1. The van der Waals surface area contributed by atoms with Crippen molar-refractivity contribution in [2.75, 3.05) is 23.0 Å². The number of carbonyl (C=O) groups excluding carboxylic acids is 1. The predicted octanol–water partition coefficient (Wildman–Crippen LogP) is 4.05. The molecule has 1 N–H and O–H groups in total. The maximum absolute atomic E-state index is 14.0. The van der Waals surface area contributed by atoms with Gasteiger partial charge in [-0.25, -0.2) is 12.8 Å². The number of rotatable bonds is 7. The number of hydrogen-bond donors (Lipinski definition) is 1. The van der Waals surface area contributed by atoms with Crippen molar-refractivity contribution in [3.05, 3.63) is 89.7 Å². The van der Waals surface area contributed by atoms with Gasteiger partial charge in [0.05, 0.1) is 25.6 Å². The van der Waals surface area contributed by atoms with Crippen molar-refractivity contribution in [2.45, 2.75) is 6.54 Å². The zero-order valence-corrected chi connectivity index (χ0v) is 17.3. The average Bonchev–Trinajstić information content (AvgIpc) is 2.72. The molecule has 0 saturated heterocycles. The summed E-state index contributed by atoms with van der Waals surface area (Å²) in [5.41, 5.74) is 1.50. The lowest BCUT2D eigenvalue weighted by Crippen LogP contribution is -2.29. The summed E-state index contributed by atoms with van der Waals surface area (Å²) in [5, 5.41) is 2.76. The number of halogens is 1. The van der Waals surface area contributed by atoms with Crippen LogP contribution in [0, 0.1) is 5.82 Å². The smallest absolute Gasteiger partial charge is 0.255 e. The molecule has 30 heavy (non-hydrogen) atoms. The highest BCUT2D eigenvalue weighted by Gasteiger charge is 2.20. The minimum Gasteiger partial charge on any atom is -0.497 e. The molecule has 0 aromatic heterocycles. The molecule has 0 unspecified atom stereocenters. The van der Waals surface area contributed by atoms with Crippen molar-refractivity contribution < 1.29 is 22.3 Å². The second-order valence-electron chi connectivity index (χ2n) is 6.59. The van der Waals surface area contributed by atoms with Crippen molar-refractivity contribution in [3.8, 4) is 5.75 Å². The summed E-state index contributed by atoms with van der Waals surface area (Å²) < 4.78 is 44.8. The van der Waals surface area contributed by atoms with Crippen LogP contribution >= 0.6 is 0 Å². The quantitative estimate of drug-likeness (QED) is 0.616. The number of nitrogens with zero attached hydrogens (tertiary/aromatic N) is 1. The van der Waals surface area contributed by atoms with Crippen LogP contribution in [-0.2, 0) is 16.6 Å². The van der Waals surface area contributed by atoms with Gasteiger partial charge in [0, 0.05) is 22.9 Å². The van der Waals surface area contributed by atoms with Gasteiger partial charge >= 0.3 is 0 Å². The lowest BCUT2D eigenvalue weighted by atomic mass is 10.1. The van der Waals surface area contributed by atoms with E-state index in [1.54, 1.807) is 36.4 Å².